The molecule has 4 aliphatic carbocycles. The quantitative estimate of drug-likeness (QED) is 0.120. The Bertz CT molecular complexity index is 1080. The third-order valence-electron chi connectivity index (χ3n) is 11.2. The first-order chi connectivity index (χ1) is 17.7. The Morgan fingerprint density at radius 1 is 1.18 bits per heavy atom. The molecule has 8 nitrogen and oxygen atoms in total. The number of rotatable bonds is 7. The van der Waals surface area contributed by atoms with Crippen LogP contribution in [0.1, 0.15) is 86.5 Å². The fourth-order valence-corrected chi connectivity index (χ4v) is 10.1. The van der Waals surface area contributed by atoms with Crippen molar-refractivity contribution in [3.8, 4) is 0 Å². The summed E-state index contributed by atoms with van der Waals surface area (Å²) >= 11 is 0. The summed E-state index contributed by atoms with van der Waals surface area (Å²) in [6.45, 7) is 12.7. The Kier molecular flexibility index (Phi) is 9.21. The van der Waals surface area contributed by atoms with Gasteiger partial charge in [0.05, 0.1) is 12.2 Å². The number of fused-ring (bicyclic) bond motifs is 5. The van der Waals surface area contributed by atoms with Crippen LogP contribution in [0.2, 0.25) is 0 Å². The van der Waals surface area contributed by atoms with E-state index in [1.54, 1.807) is 0 Å². The molecule has 1 aliphatic heterocycles. The van der Waals surface area contributed by atoms with Gasteiger partial charge in [0.1, 0.15) is 18.3 Å². The Hall–Kier alpha value is -0.000000000000000222. The Morgan fingerprint density at radius 2 is 1.85 bits per heavy atom. The van der Waals surface area contributed by atoms with Gasteiger partial charge in [0.25, 0.3) is 0 Å². The van der Waals surface area contributed by atoms with Crippen molar-refractivity contribution in [1.82, 2.24) is 0 Å². The molecule has 0 spiro atoms. The zero-order valence-electron chi connectivity index (χ0n) is 24.6. The molecule has 216 valence electrons. The van der Waals surface area contributed by atoms with Gasteiger partial charge >= 0.3 is 35.5 Å². The van der Waals surface area contributed by atoms with Crippen molar-refractivity contribution in [2.45, 2.75) is 117 Å². The number of hydrogen-bond donors (Lipinski definition) is 1. The summed E-state index contributed by atoms with van der Waals surface area (Å²) in [6.07, 6.45) is 5.82. The molecule has 4 fully saturated rings. The second-order valence-electron chi connectivity index (χ2n) is 13.8. The first-order valence-corrected chi connectivity index (χ1v) is 15.8. The minimum atomic E-state index is -5.05. The van der Waals surface area contributed by atoms with E-state index in [1.165, 1.54) is 18.9 Å². The maximum Gasteiger partial charge on any atom is 1.00 e. The summed E-state index contributed by atoms with van der Waals surface area (Å²) in [5, 5.41) is 11.0. The second-order valence-corrected chi connectivity index (χ2v) is 14.8. The molecular formula is C29H45NaO8S. The molecule has 0 radical (unpaired) electrons. The number of carbonyl (C=O) groups excluding carboxylic acids is 1. The van der Waals surface area contributed by atoms with Crippen molar-refractivity contribution in [2.75, 3.05) is 0 Å². The van der Waals surface area contributed by atoms with Gasteiger partial charge in [-0.2, -0.15) is 0 Å². The predicted octanol–water partition coefficient (Wildman–Crippen LogP) is 1.38. The summed E-state index contributed by atoms with van der Waals surface area (Å²) in [5.74, 6) is 1.42. The largest absolute Gasteiger partial charge is 1.00 e. The van der Waals surface area contributed by atoms with Gasteiger partial charge < -0.3 is 19.1 Å². The van der Waals surface area contributed by atoms with Crippen LogP contribution in [-0.4, -0.2) is 54.6 Å². The zero-order valence-corrected chi connectivity index (χ0v) is 27.4. The molecule has 0 bridgehead atoms. The van der Waals surface area contributed by atoms with Gasteiger partial charge in [-0.1, -0.05) is 46.3 Å². The van der Waals surface area contributed by atoms with Crippen LogP contribution in [0.25, 0.3) is 0 Å². The molecule has 12 atom stereocenters. The van der Waals surface area contributed by atoms with Crippen LogP contribution >= 0.6 is 0 Å². The van der Waals surface area contributed by atoms with Crippen LogP contribution in [0.15, 0.2) is 11.6 Å². The molecule has 5 aliphatic rings. The van der Waals surface area contributed by atoms with Crippen molar-refractivity contribution in [3.05, 3.63) is 11.6 Å². The van der Waals surface area contributed by atoms with E-state index in [0.29, 0.717) is 48.7 Å². The SMILES string of the molecule is CC(=O)O[C@@H]1C[C@]2(C)[C@H]3CC[C@]4(C)[C@@H]([C@H](C)[C@@H]5O[C@H]5CC(C)C)CC[C@H]4C3=CC[C@H]2[C@H](OS(=O)(=O)[O-])[C@H]1O.[Na+]. The monoisotopic (exact) mass is 576 g/mol. The van der Waals surface area contributed by atoms with Gasteiger partial charge in [-0.15, -0.1) is 0 Å². The molecule has 0 unspecified atom stereocenters. The van der Waals surface area contributed by atoms with E-state index in [-0.39, 0.29) is 46.8 Å². The van der Waals surface area contributed by atoms with Gasteiger partial charge in [0, 0.05) is 6.92 Å². The maximum atomic E-state index is 11.9. The van der Waals surface area contributed by atoms with Gasteiger partial charge in [-0.3, -0.25) is 8.98 Å². The number of carbonyl (C=O) groups is 1. The van der Waals surface area contributed by atoms with E-state index in [1.807, 2.05) is 0 Å². The summed E-state index contributed by atoms with van der Waals surface area (Å²) in [4.78, 5) is 11.9. The van der Waals surface area contributed by atoms with Crippen LogP contribution in [0.5, 0.6) is 0 Å². The predicted molar refractivity (Wildman–Crippen MR) is 139 cm³/mol. The van der Waals surface area contributed by atoms with E-state index in [0.717, 1.165) is 25.7 Å². The molecule has 3 saturated carbocycles. The molecule has 0 amide bonds. The topological polar surface area (TPSA) is 125 Å². The minimum Gasteiger partial charge on any atom is -0.726 e. The van der Waals surface area contributed by atoms with E-state index < -0.39 is 40.1 Å². The van der Waals surface area contributed by atoms with Gasteiger partial charge in [0.2, 0.25) is 10.4 Å². The number of ether oxygens (including phenoxy) is 2. The third kappa shape index (κ3) is 5.82. The molecule has 0 aromatic carbocycles. The zero-order chi connectivity index (χ0) is 27.8. The summed E-state index contributed by atoms with van der Waals surface area (Å²) in [5.41, 5.74) is 1.15. The first-order valence-electron chi connectivity index (χ1n) is 14.5. The average molecular weight is 577 g/mol. The molecule has 1 heterocycles. The fraction of sp³-hybridized carbons (Fsp3) is 0.897. The van der Waals surface area contributed by atoms with Gasteiger partial charge in [-0.25, -0.2) is 8.42 Å². The van der Waals surface area contributed by atoms with Gasteiger partial charge in [0.15, 0.2) is 0 Å². The third-order valence-corrected chi connectivity index (χ3v) is 11.7. The van der Waals surface area contributed by atoms with E-state index in [4.69, 9.17) is 13.7 Å². The smallest absolute Gasteiger partial charge is 0.726 e. The number of allylic oxidation sites excluding steroid dienone is 2. The Labute approximate surface area is 256 Å². The average Bonchev–Trinajstić information content (AvgIpc) is 3.45. The standard InChI is InChI=1S/C29H46O8S.Na/c1-15(2)13-23-26(36-23)16(3)19-9-10-20-18-7-8-22-27(37-38(32,33)34)25(31)24(35-17(4)30)14-29(22,6)21(18)11-12-28(19,20)5;/h7,15-16,19-27,31H,8-14H2,1-6H3,(H,32,33,34);/q;+1/p-1/t16-,19+,20-,21-,22-,23-,24+,25-,26-,27-,28+,29+;/m0./s1. The molecule has 1 N–H and O–H groups in total. The van der Waals surface area contributed by atoms with Crippen LogP contribution < -0.4 is 29.6 Å². The fourth-order valence-electron chi connectivity index (χ4n) is 9.58. The molecule has 0 aromatic rings. The molecule has 0 aromatic heterocycles. The number of aliphatic hydroxyl groups excluding tert-OH is 1. The molecule has 5 rings (SSSR count). The number of hydrogen-bond acceptors (Lipinski definition) is 8. The summed E-state index contributed by atoms with van der Waals surface area (Å²) < 4.78 is 51.5. The van der Waals surface area contributed by atoms with Crippen LogP contribution in [-0.2, 0) is 28.9 Å². The number of aliphatic hydroxyl groups is 1. The van der Waals surface area contributed by atoms with Crippen molar-refractivity contribution >= 4 is 16.4 Å². The normalized spacial score (nSPS) is 45.8. The van der Waals surface area contributed by atoms with Gasteiger partial charge in [-0.05, 0) is 91.3 Å². The van der Waals surface area contributed by atoms with E-state index in [9.17, 15) is 22.9 Å². The Balaban J connectivity index is 0.00000353. The number of esters is 1. The van der Waals surface area contributed by atoms with Crippen LogP contribution in [0.4, 0.5) is 0 Å². The minimum absolute atomic E-state index is 0. The molecule has 39 heavy (non-hydrogen) atoms. The van der Waals surface area contributed by atoms with Crippen molar-refractivity contribution in [3.63, 3.8) is 0 Å². The van der Waals surface area contributed by atoms with E-state index >= 15 is 0 Å². The first kappa shape index (κ1) is 31.9. The summed E-state index contributed by atoms with van der Waals surface area (Å²) in [6, 6.07) is 0. The second kappa shape index (κ2) is 11.3. The Morgan fingerprint density at radius 3 is 2.46 bits per heavy atom. The molecule has 1 saturated heterocycles. The molecular weight excluding hydrogens is 531 g/mol. The van der Waals surface area contributed by atoms with Crippen molar-refractivity contribution in [1.29, 1.82) is 0 Å². The maximum absolute atomic E-state index is 11.9. The van der Waals surface area contributed by atoms with Crippen LogP contribution in [0.3, 0.4) is 0 Å². The van der Waals surface area contributed by atoms with Crippen molar-refractivity contribution in [2.24, 2.45) is 46.3 Å². The molecule has 10 heteroatoms. The van der Waals surface area contributed by atoms with Crippen LogP contribution in [0, 0.1) is 46.3 Å². The van der Waals surface area contributed by atoms with Crippen molar-refractivity contribution < 1.29 is 66.1 Å². The van der Waals surface area contributed by atoms with E-state index in [2.05, 4.69) is 40.7 Å². The number of epoxide rings is 1. The summed E-state index contributed by atoms with van der Waals surface area (Å²) in [7, 11) is -5.05.